The minimum Gasteiger partial charge on any atom is -0.497 e. The van der Waals surface area contributed by atoms with Crippen molar-refractivity contribution in [3.8, 4) is 5.75 Å². The van der Waals surface area contributed by atoms with Crippen molar-refractivity contribution in [1.29, 1.82) is 0 Å². The lowest BCUT2D eigenvalue weighted by Gasteiger charge is -1.99. The highest BCUT2D eigenvalue weighted by atomic mass is 16.5. The minimum atomic E-state index is 0.335. The molecule has 0 spiro atoms. The van der Waals surface area contributed by atoms with Crippen LogP contribution in [0.2, 0.25) is 0 Å². The fourth-order valence-electron chi connectivity index (χ4n) is 2.65. The van der Waals surface area contributed by atoms with Crippen LogP contribution in [0.3, 0.4) is 0 Å². The van der Waals surface area contributed by atoms with Gasteiger partial charge in [0.05, 0.1) is 18.8 Å². The van der Waals surface area contributed by atoms with Crippen molar-refractivity contribution in [1.82, 2.24) is 20.2 Å². The summed E-state index contributed by atoms with van der Waals surface area (Å²) in [6.07, 6.45) is 1.68. The highest BCUT2D eigenvalue weighted by Gasteiger charge is 2.09. The first-order valence-corrected chi connectivity index (χ1v) is 7.79. The van der Waals surface area contributed by atoms with Gasteiger partial charge in [-0.15, -0.1) is 10.2 Å². The molecule has 4 rings (SSSR count). The monoisotopic (exact) mass is 332 g/mol. The molecule has 7 heteroatoms. The van der Waals surface area contributed by atoms with Gasteiger partial charge in [-0.3, -0.25) is 0 Å². The van der Waals surface area contributed by atoms with E-state index in [1.165, 1.54) is 0 Å². The number of H-pyrrole nitrogens is 1. The summed E-state index contributed by atoms with van der Waals surface area (Å²) in [6.45, 7) is 2.05. The Morgan fingerprint density at radius 3 is 2.76 bits per heavy atom. The number of aryl methyl sites for hydroxylation is 1. The van der Waals surface area contributed by atoms with E-state index in [1.54, 1.807) is 13.3 Å². The standard InChI is InChI=1S/C18H16N6O/c1-11-4-3-5-14-15(11)20-17-16(14)22-24-18(21-17)23-19-10-12-6-8-13(25-2)9-7-12/h3-10H,1-2H3,(H2,20,21,23,24)/b19-10+. The van der Waals surface area contributed by atoms with E-state index in [0.29, 0.717) is 11.6 Å². The average Bonchev–Trinajstić information content (AvgIpc) is 3.02. The SMILES string of the molecule is COc1ccc(/C=N/Nc2nnc3c(n2)[nH]c2c(C)cccc23)cc1. The number of para-hydroxylation sites is 1. The molecule has 2 aromatic heterocycles. The van der Waals surface area contributed by atoms with Gasteiger partial charge in [-0.1, -0.05) is 18.2 Å². The molecule has 0 amide bonds. The van der Waals surface area contributed by atoms with Crippen LogP contribution in [0.15, 0.2) is 47.6 Å². The third-order valence-corrected chi connectivity index (χ3v) is 3.95. The topological polar surface area (TPSA) is 88.1 Å². The van der Waals surface area contributed by atoms with Crippen molar-refractivity contribution < 1.29 is 4.74 Å². The zero-order valence-corrected chi connectivity index (χ0v) is 13.8. The van der Waals surface area contributed by atoms with Crippen molar-refractivity contribution in [3.05, 3.63) is 53.6 Å². The Morgan fingerprint density at radius 1 is 1.12 bits per heavy atom. The van der Waals surface area contributed by atoms with Crippen LogP contribution >= 0.6 is 0 Å². The van der Waals surface area contributed by atoms with Crippen LogP contribution in [0.5, 0.6) is 5.75 Å². The number of hydrogen-bond donors (Lipinski definition) is 2. The fourth-order valence-corrected chi connectivity index (χ4v) is 2.65. The van der Waals surface area contributed by atoms with E-state index in [2.05, 4.69) is 30.7 Å². The van der Waals surface area contributed by atoms with E-state index in [4.69, 9.17) is 4.74 Å². The Hall–Kier alpha value is -3.48. The molecule has 0 aliphatic rings. The van der Waals surface area contributed by atoms with E-state index in [0.717, 1.165) is 33.3 Å². The molecule has 2 N–H and O–H groups in total. The lowest BCUT2D eigenvalue weighted by atomic mass is 10.1. The van der Waals surface area contributed by atoms with Gasteiger partial charge in [0.2, 0.25) is 0 Å². The van der Waals surface area contributed by atoms with Crippen LogP contribution in [-0.2, 0) is 0 Å². The largest absolute Gasteiger partial charge is 0.497 e. The van der Waals surface area contributed by atoms with Crippen LogP contribution in [0, 0.1) is 6.92 Å². The molecule has 0 aliphatic heterocycles. The lowest BCUT2D eigenvalue weighted by molar-refractivity contribution is 0.415. The number of benzene rings is 2. The van der Waals surface area contributed by atoms with Gasteiger partial charge < -0.3 is 9.72 Å². The molecule has 0 radical (unpaired) electrons. The first kappa shape index (κ1) is 15.1. The number of aromatic amines is 1. The molecular formula is C18H16N6O. The zero-order valence-electron chi connectivity index (χ0n) is 13.8. The number of nitrogens with one attached hydrogen (secondary N) is 2. The van der Waals surface area contributed by atoms with Crippen molar-refractivity contribution in [2.24, 2.45) is 5.10 Å². The summed E-state index contributed by atoms with van der Waals surface area (Å²) in [7, 11) is 1.64. The van der Waals surface area contributed by atoms with Crippen molar-refractivity contribution in [2.75, 3.05) is 12.5 Å². The summed E-state index contributed by atoms with van der Waals surface area (Å²) in [4.78, 5) is 7.73. The molecule has 25 heavy (non-hydrogen) atoms. The lowest BCUT2D eigenvalue weighted by Crippen LogP contribution is -1.99. The average molecular weight is 332 g/mol. The summed E-state index contributed by atoms with van der Waals surface area (Å²) < 4.78 is 5.13. The number of fused-ring (bicyclic) bond motifs is 3. The number of hydrazone groups is 1. The summed E-state index contributed by atoms with van der Waals surface area (Å²) in [5.41, 5.74) is 7.34. The number of nitrogens with zero attached hydrogens (tertiary/aromatic N) is 4. The summed E-state index contributed by atoms with van der Waals surface area (Å²) in [6, 6.07) is 13.6. The molecule has 2 heterocycles. The van der Waals surface area contributed by atoms with Gasteiger partial charge in [0.15, 0.2) is 5.65 Å². The molecule has 4 aromatic rings. The van der Waals surface area contributed by atoms with E-state index in [-0.39, 0.29) is 0 Å². The smallest absolute Gasteiger partial charge is 0.265 e. The predicted molar refractivity (Wildman–Crippen MR) is 98.1 cm³/mol. The van der Waals surface area contributed by atoms with Crippen LogP contribution < -0.4 is 10.2 Å². The van der Waals surface area contributed by atoms with Gasteiger partial charge in [0.1, 0.15) is 11.3 Å². The highest BCUT2D eigenvalue weighted by Crippen LogP contribution is 2.24. The molecule has 0 aliphatic carbocycles. The van der Waals surface area contributed by atoms with Crippen LogP contribution in [-0.4, -0.2) is 33.5 Å². The third-order valence-electron chi connectivity index (χ3n) is 3.95. The molecule has 0 saturated carbocycles. The summed E-state index contributed by atoms with van der Waals surface area (Å²) >= 11 is 0. The number of anilines is 1. The van der Waals surface area contributed by atoms with E-state index in [9.17, 15) is 0 Å². The molecule has 124 valence electrons. The van der Waals surface area contributed by atoms with E-state index in [1.807, 2.05) is 49.4 Å². The second-order valence-corrected chi connectivity index (χ2v) is 5.60. The van der Waals surface area contributed by atoms with Crippen molar-refractivity contribution in [3.63, 3.8) is 0 Å². The molecule has 0 bridgehead atoms. The van der Waals surface area contributed by atoms with Gasteiger partial charge in [0, 0.05) is 5.39 Å². The van der Waals surface area contributed by atoms with Crippen LogP contribution in [0.25, 0.3) is 22.1 Å². The second-order valence-electron chi connectivity index (χ2n) is 5.60. The van der Waals surface area contributed by atoms with Crippen LogP contribution in [0.1, 0.15) is 11.1 Å². The Bertz CT molecular complexity index is 1070. The quantitative estimate of drug-likeness (QED) is 0.442. The van der Waals surface area contributed by atoms with Gasteiger partial charge in [-0.2, -0.15) is 10.1 Å². The molecule has 0 saturated heterocycles. The maximum Gasteiger partial charge on any atom is 0.265 e. The first-order valence-electron chi connectivity index (χ1n) is 7.79. The number of ether oxygens (including phenoxy) is 1. The number of methoxy groups -OCH3 is 1. The predicted octanol–water partition coefficient (Wildman–Crippen LogP) is 3.27. The molecule has 7 nitrogen and oxygen atoms in total. The Morgan fingerprint density at radius 2 is 1.96 bits per heavy atom. The molecule has 2 aromatic carbocycles. The Balaban J connectivity index is 1.58. The Labute approximate surface area is 143 Å². The highest BCUT2D eigenvalue weighted by molar-refractivity contribution is 6.04. The number of rotatable bonds is 4. The molecular weight excluding hydrogens is 316 g/mol. The maximum atomic E-state index is 5.13. The van der Waals surface area contributed by atoms with E-state index < -0.39 is 0 Å². The molecule has 0 fully saturated rings. The fraction of sp³-hybridized carbons (Fsp3) is 0.111. The number of aromatic nitrogens is 4. The van der Waals surface area contributed by atoms with Gasteiger partial charge >= 0.3 is 0 Å². The number of hydrogen-bond acceptors (Lipinski definition) is 6. The second kappa shape index (κ2) is 6.20. The zero-order chi connectivity index (χ0) is 17.2. The van der Waals surface area contributed by atoms with E-state index >= 15 is 0 Å². The maximum absolute atomic E-state index is 5.13. The van der Waals surface area contributed by atoms with Crippen molar-refractivity contribution >= 4 is 34.2 Å². The minimum absolute atomic E-state index is 0.335. The molecule has 0 unspecified atom stereocenters. The third kappa shape index (κ3) is 2.87. The van der Waals surface area contributed by atoms with Gasteiger partial charge in [0.25, 0.3) is 5.95 Å². The van der Waals surface area contributed by atoms with Crippen LogP contribution in [0.4, 0.5) is 5.95 Å². The van der Waals surface area contributed by atoms with Gasteiger partial charge in [-0.05, 0) is 42.3 Å². The summed E-state index contributed by atoms with van der Waals surface area (Å²) in [5, 5.41) is 13.5. The normalized spacial score (nSPS) is 11.4. The Kier molecular flexibility index (Phi) is 3.74. The first-order chi connectivity index (χ1) is 12.2. The van der Waals surface area contributed by atoms with Gasteiger partial charge in [-0.25, -0.2) is 5.43 Å². The summed E-state index contributed by atoms with van der Waals surface area (Å²) in [5.74, 6) is 1.14. The molecule has 0 atom stereocenters. The van der Waals surface area contributed by atoms with Crippen molar-refractivity contribution in [2.45, 2.75) is 6.92 Å².